The first kappa shape index (κ1) is 15.9. The summed E-state index contributed by atoms with van der Waals surface area (Å²) < 4.78 is 26.7. The molecule has 0 aliphatic rings. The van der Waals surface area contributed by atoms with Crippen molar-refractivity contribution in [3.05, 3.63) is 0 Å². The molecule has 0 aromatic carbocycles. The number of carbonyl (C=O) groups is 1. The van der Waals surface area contributed by atoms with Gasteiger partial charge in [-0.05, 0) is 20.8 Å². The van der Waals surface area contributed by atoms with Crippen molar-refractivity contribution in [3.8, 4) is 0 Å². The van der Waals surface area contributed by atoms with Crippen molar-refractivity contribution in [2.24, 2.45) is 0 Å². The van der Waals surface area contributed by atoms with Gasteiger partial charge < -0.3 is 13.8 Å². The number of ether oxygens (including phenoxy) is 1. The van der Waals surface area contributed by atoms with Crippen LogP contribution in [0, 0.1) is 0 Å². The summed E-state index contributed by atoms with van der Waals surface area (Å²) in [6, 6.07) is 0. The Morgan fingerprint density at radius 3 is 2.06 bits per heavy atom. The highest BCUT2D eigenvalue weighted by atomic mass is 35.5. The van der Waals surface area contributed by atoms with Gasteiger partial charge in [0.25, 0.3) is 0 Å². The van der Waals surface area contributed by atoms with Crippen LogP contribution in [0.4, 0.5) is 0 Å². The first-order valence-electron chi connectivity index (χ1n) is 5.17. The van der Waals surface area contributed by atoms with E-state index in [4.69, 9.17) is 25.4 Å². The van der Waals surface area contributed by atoms with Crippen LogP contribution in [-0.4, -0.2) is 37.3 Å². The molecule has 0 saturated heterocycles. The van der Waals surface area contributed by atoms with E-state index in [1.165, 1.54) is 0 Å². The van der Waals surface area contributed by atoms with Crippen LogP contribution in [0.1, 0.15) is 20.8 Å². The maximum absolute atomic E-state index is 12.0. The van der Waals surface area contributed by atoms with Crippen molar-refractivity contribution in [1.29, 1.82) is 0 Å². The van der Waals surface area contributed by atoms with E-state index in [1.807, 2.05) is 0 Å². The maximum Gasteiger partial charge on any atom is 0.332 e. The van der Waals surface area contributed by atoms with Gasteiger partial charge in [-0.2, -0.15) is 0 Å². The number of hydrogen-bond donors (Lipinski definition) is 0. The van der Waals surface area contributed by atoms with Crippen LogP contribution in [0.25, 0.3) is 0 Å². The third-order valence-electron chi connectivity index (χ3n) is 1.58. The average molecular weight is 273 g/mol. The molecule has 0 aliphatic heterocycles. The van der Waals surface area contributed by atoms with Crippen LogP contribution < -0.4 is 0 Å². The van der Waals surface area contributed by atoms with Gasteiger partial charge in [-0.15, -0.1) is 11.6 Å². The van der Waals surface area contributed by atoms with Crippen molar-refractivity contribution in [1.82, 2.24) is 0 Å². The second-order valence-corrected chi connectivity index (χ2v) is 5.48. The number of esters is 1. The molecule has 0 saturated carbocycles. The van der Waals surface area contributed by atoms with Gasteiger partial charge in [0, 0.05) is 0 Å². The molecule has 0 fully saturated rings. The summed E-state index contributed by atoms with van der Waals surface area (Å²) >= 11 is 5.76. The van der Waals surface area contributed by atoms with Gasteiger partial charge in [0.2, 0.25) is 0 Å². The minimum Gasteiger partial charge on any atom is -0.465 e. The Morgan fingerprint density at radius 2 is 1.69 bits per heavy atom. The second kappa shape index (κ2) is 8.07. The summed E-state index contributed by atoms with van der Waals surface area (Å²) in [6.45, 7) is 5.77. The third kappa shape index (κ3) is 5.85. The normalized spacial score (nSPS) is 13.5. The van der Waals surface area contributed by atoms with E-state index in [-0.39, 0.29) is 26.0 Å². The third-order valence-corrected chi connectivity index (χ3v) is 4.24. The summed E-state index contributed by atoms with van der Waals surface area (Å²) in [6.07, 6.45) is -0.172. The molecule has 0 aromatic rings. The maximum atomic E-state index is 12.0. The molecule has 96 valence electrons. The average Bonchev–Trinajstić information content (AvgIpc) is 2.18. The zero-order valence-corrected chi connectivity index (χ0v) is 11.4. The first-order chi connectivity index (χ1) is 7.49. The van der Waals surface area contributed by atoms with Crippen molar-refractivity contribution in [3.63, 3.8) is 0 Å². The van der Waals surface area contributed by atoms with Crippen molar-refractivity contribution in [2.75, 3.05) is 26.0 Å². The van der Waals surface area contributed by atoms with Crippen LogP contribution in [-0.2, 0) is 23.1 Å². The topological polar surface area (TPSA) is 61.8 Å². The molecule has 0 N–H and O–H groups in total. The fourth-order valence-electron chi connectivity index (χ4n) is 1.04. The van der Waals surface area contributed by atoms with Crippen LogP contribution in [0.3, 0.4) is 0 Å². The van der Waals surface area contributed by atoms with Gasteiger partial charge in [-0.3, -0.25) is 9.36 Å². The van der Waals surface area contributed by atoms with E-state index in [1.54, 1.807) is 20.8 Å². The number of rotatable bonds is 8. The second-order valence-electron chi connectivity index (χ2n) is 2.85. The van der Waals surface area contributed by atoms with E-state index in [0.717, 1.165) is 0 Å². The van der Waals surface area contributed by atoms with E-state index in [2.05, 4.69) is 0 Å². The van der Waals surface area contributed by atoms with E-state index < -0.39 is 18.9 Å². The summed E-state index contributed by atoms with van der Waals surface area (Å²) in [7, 11) is -3.29. The standard InChI is InChI=1S/C9H18ClO5P/c1-4-13-9(11)8(10)7-16(12,14-5-2)15-6-3/h8H,4-7H2,1-3H3. The lowest BCUT2D eigenvalue weighted by Gasteiger charge is -2.18. The van der Waals surface area contributed by atoms with Gasteiger partial charge in [0.05, 0.1) is 26.0 Å². The lowest BCUT2D eigenvalue weighted by atomic mass is 10.5. The SMILES string of the molecule is CCOC(=O)C(Cl)CP(=O)(OCC)OCC. The van der Waals surface area contributed by atoms with Gasteiger partial charge in [0.1, 0.15) is 5.38 Å². The molecule has 16 heavy (non-hydrogen) atoms. The Labute approximate surface area is 101 Å². The van der Waals surface area contributed by atoms with E-state index in [9.17, 15) is 9.36 Å². The molecule has 1 unspecified atom stereocenters. The molecule has 0 aromatic heterocycles. The van der Waals surface area contributed by atoms with Crippen LogP contribution >= 0.6 is 19.2 Å². The molecular weight excluding hydrogens is 255 g/mol. The lowest BCUT2D eigenvalue weighted by Crippen LogP contribution is -2.22. The van der Waals surface area contributed by atoms with Crippen LogP contribution in [0.15, 0.2) is 0 Å². The predicted octanol–water partition coefficient (Wildman–Crippen LogP) is 2.42. The largest absolute Gasteiger partial charge is 0.465 e. The van der Waals surface area contributed by atoms with E-state index in [0.29, 0.717) is 0 Å². The van der Waals surface area contributed by atoms with Crippen molar-refractivity contribution < 1.29 is 23.1 Å². The molecule has 5 nitrogen and oxygen atoms in total. The van der Waals surface area contributed by atoms with Gasteiger partial charge in [0.15, 0.2) is 0 Å². The van der Waals surface area contributed by atoms with Gasteiger partial charge >= 0.3 is 13.6 Å². The Hall–Kier alpha value is -0.0900. The van der Waals surface area contributed by atoms with E-state index >= 15 is 0 Å². The molecule has 7 heteroatoms. The summed E-state index contributed by atoms with van der Waals surface area (Å²) in [5, 5.41) is -1.01. The zero-order valence-electron chi connectivity index (χ0n) is 9.77. The predicted molar refractivity (Wildman–Crippen MR) is 62.0 cm³/mol. The minimum absolute atomic E-state index is 0.172. The molecular formula is C9H18ClO5P. The molecule has 0 amide bonds. The van der Waals surface area contributed by atoms with Crippen molar-refractivity contribution >= 4 is 25.2 Å². The Balaban J connectivity index is 4.38. The number of alkyl halides is 1. The molecule has 0 rings (SSSR count). The lowest BCUT2D eigenvalue weighted by molar-refractivity contribution is -0.142. The number of halogens is 1. The Morgan fingerprint density at radius 1 is 1.19 bits per heavy atom. The van der Waals surface area contributed by atoms with Crippen LogP contribution in [0.2, 0.25) is 0 Å². The molecule has 0 heterocycles. The molecule has 0 spiro atoms. The first-order valence-corrected chi connectivity index (χ1v) is 7.34. The zero-order chi connectivity index (χ0) is 12.6. The molecule has 1 atom stereocenters. The quantitative estimate of drug-likeness (QED) is 0.386. The molecule has 0 bridgehead atoms. The summed E-state index contributed by atoms with van der Waals surface area (Å²) in [5.74, 6) is -0.608. The van der Waals surface area contributed by atoms with Crippen LogP contribution in [0.5, 0.6) is 0 Å². The monoisotopic (exact) mass is 272 g/mol. The molecule has 0 radical (unpaired) electrons. The number of hydrogen-bond acceptors (Lipinski definition) is 5. The summed E-state index contributed by atoms with van der Waals surface area (Å²) in [5.41, 5.74) is 0. The summed E-state index contributed by atoms with van der Waals surface area (Å²) in [4.78, 5) is 11.2. The Bertz CT molecular complexity index is 248. The fraction of sp³-hybridized carbons (Fsp3) is 0.889. The highest BCUT2D eigenvalue weighted by molar-refractivity contribution is 7.54. The Kier molecular flexibility index (Phi) is 8.02. The number of carbonyl (C=O) groups excluding carboxylic acids is 1. The highest BCUT2D eigenvalue weighted by Crippen LogP contribution is 2.49. The highest BCUT2D eigenvalue weighted by Gasteiger charge is 2.31. The smallest absolute Gasteiger partial charge is 0.332 e. The van der Waals surface area contributed by atoms with Gasteiger partial charge in [-0.25, -0.2) is 0 Å². The van der Waals surface area contributed by atoms with Gasteiger partial charge in [-0.1, -0.05) is 0 Å². The molecule has 0 aliphatic carbocycles. The fourth-order valence-corrected chi connectivity index (χ4v) is 3.22. The minimum atomic E-state index is -3.29. The van der Waals surface area contributed by atoms with Crippen molar-refractivity contribution in [2.45, 2.75) is 26.1 Å².